The van der Waals surface area contributed by atoms with Crippen LogP contribution in [0.5, 0.6) is 0 Å². The molecule has 1 fully saturated rings. The number of rotatable bonds is 4. The third-order valence-electron chi connectivity index (χ3n) is 3.31. The van der Waals surface area contributed by atoms with Gasteiger partial charge < -0.3 is 10.1 Å². The van der Waals surface area contributed by atoms with E-state index in [-0.39, 0.29) is 0 Å². The zero-order chi connectivity index (χ0) is 13.1. The van der Waals surface area contributed by atoms with Crippen LogP contribution < -0.4 is 5.32 Å². The quantitative estimate of drug-likeness (QED) is 0.883. The lowest BCUT2D eigenvalue weighted by Gasteiger charge is -2.13. The largest absolute Gasteiger partial charge is 0.382 e. The molecule has 2 N–H and O–H groups in total. The average molecular weight is 258 g/mol. The van der Waals surface area contributed by atoms with E-state index in [0.717, 1.165) is 48.9 Å². The summed E-state index contributed by atoms with van der Waals surface area (Å²) in [6.45, 7) is 3.62. The molecule has 0 spiro atoms. The first-order valence-electron chi connectivity index (χ1n) is 6.67. The Labute approximate surface area is 112 Å². The van der Waals surface area contributed by atoms with Gasteiger partial charge in [-0.3, -0.25) is 5.10 Å². The number of aromatic nitrogens is 3. The molecule has 3 rings (SSSR count). The fourth-order valence-corrected chi connectivity index (χ4v) is 2.32. The number of hydrogen-bond acceptors (Lipinski definition) is 4. The highest BCUT2D eigenvalue weighted by Gasteiger charge is 2.16. The zero-order valence-corrected chi connectivity index (χ0v) is 11.0. The van der Waals surface area contributed by atoms with Gasteiger partial charge in [0.05, 0.1) is 6.10 Å². The Kier molecular flexibility index (Phi) is 3.46. The SMILES string of the molecule is Cc1nc(-c2ccccc2NCC2CCCO2)n[nH]1. The molecule has 1 aliphatic rings. The molecule has 100 valence electrons. The van der Waals surface area contributed by atoms with Gasteiger partial charge in [0.1, 0.15) is 5.82 Å². The summed E-state index contributed by atoms with van der Waals surface area (Å²) in [7, 11) is 0. The molecule has 0 saturated carbocycles. The minimum absolute atomic E-state index is 0.321. The molecule has 1 aromatic carbocycles. The molecule has 5 nitrogen and oxygen atoms in total. The molecular weight excluding hydrogens is 240 g/mol. The van der Waals surface area contributed by atoms with Crippen LogP contribution in [0.2, 0.25) is 0 Å². The van der Waals surface area contributed by atoms with Crippen molar-refractivity contribution in [1.29, 1.82) is 0 Å². The van der Waals surface area contributed by atoms with Gasteiger partial charge in [0.25, 0.3) is 0 Å². The van der Waals surface area contributed by atoms with E-state index in [1.54, 1.807) is 0 Å². The fraction of sp³-hybridized carbons (Fsp3) is 0.429. The smallest absolute Gasteiger partial charge is 0.183 e. The minimum Gasteiger partial charge on any atom is -0.382 e. The van der Waals surface area contributed by atoms with E-state index < -0.39 is 0 Å². The number of benzene rings is 1. The topological polar surface area (TPSA) is 62.8 Å². The highest BCUT2D eigenvalue weighted by atomic mass is 16.5. The van der Waals surface area contributed by atoms with Gasteiger partial charge in [-0.15, -0.1) is 0 Å². The van der Waals surface area contributed by atoms with Crippen molar-refractivity contribution in [2.45, 2.75) is 25.9 Å². The van der Waals surface area contributed by atoms with Crippen LogP contribution in [-0.4, -0.2) is 34.4 Å². The van der Waals surface area contributed by atoms with Crippen molar-refractivity contribution in [3.05, 3.63) is 30.1 Å². The van der Waals surface area contributed by atoms with Gasteiger partial charge in [0.2, 0.25) is 0 Å². The second-order valence-corrected chi connectivity index (χ2v) is 4.81. The van der Waals surface area contributed by atoms with E-state index in [1.165, 1.54) is 0 Å². The molecule has 19 heavy (non-hydrogen) atoms. The summed E-state index contributed by atoms with van der Waals surface area (Å²) in [6.07, 6.45) is 2.62. The minimum atomic E-state index is 0.321. The van der Waals surface area contributed by atoms with Gasteiger partial charge in [-0.2, -0.15) is 5.10 Å². The summed E-state index contributed by atoms with van der Waals surface area (Å²) in [4.78, 5) is 4.38. The van der Waals surface area contributed by atoms with Crippen molar-refractivity contribution in [2.75, 3.05) is 18.5 Å². The van der Waals surface area contributed by atoms with Crippen LogP contribution in [-0.2, 0) is 4.74 Å². The van der Waals surface area contributed by atoms with Gasteiger partial charge in [0, 0.05) is 24.4 Å². The van der Waals surface area contributed by atoms with E-state index in [9.17, 15) is 0 Å². The van der Waals surface area contributed by atoms with Crippen LogP contribution in [0.25, 0.3) is 11.4 Å². The predicted molar refractivity (Wildman–Crippen MR) is 74.0 cm³/mol. The predicted octanol–water partition coefficient (Wildman–Crippen LogP) is 2.37. The number of aryl methyl sites for hydroxylation is 1. The molecule has 1 aliphatic heterocycles. The van der Waals surface area contributed by atoms with Crippen molar-refractivity contribution in [1.82, 2.24) is 15.2 Å². The Hall–Kier alpha value is -1.88. The summed E-state index contributed by atoms with van der Waals surface area (Å²) in [6, 6.07) is 8.09. The van der Waals surface area contributed by atoms with Gasteiger partial charge in [-0.25, -0.2) is 4.98 Å². The lowest BCUT2D eigenvalue weighted by molar-refractivity contribution is 0.120. The first-order valence-corrected chi connectivity index (χ1v) is 6.67. The van der Waals surface area contributed by atoms with Crippen LogP contribution in [0, 0.1) is 6.92 Å². The summed E-state index contributed by atoms with van der Waals surface area (Å²) >= 11 is 0. The molecule has 5 heteroatoms. The fourth-order valence-electron chi connectivity index (χ4n) is 2.32. The van der Waals surface area contributed by atoms with Crippen molar-refractivity contribution >= 4 is 5.69 Å². The van der Waals surface area contributed by atoms with Crippen molar-refractivity contribution in [3.8, 4) is 11.4 Å². The molecule has 1 atom stereocenters. The third kappa shape index (κ3) is 2.76. The van der Waals surface area contributed by atoms with E-state index in [2.05, 4.69) is 26.6 Å². The number of nitrogens with one attached hydrogen (secondary N) is 2. The van der Waals surface area contributed by atoms with Gasteiger partial charge in [0.15, 0.2) is 5.82 Å². The lowest BCUT2D eigenvalue weighted by atomic mass is 10.1. The van der Waals surface area contributed by atoms with Crippen LogP contribution in [0.4, 0.5) is 5.69 Å². The van der Waals surface area contributed by atoms with Crippen molar-refractivity contribution in [3.63, 3.8) is 0 Å². The Morgan fingerprint density at radius 2 is 2.32 bits per heavy atom. The molecule has 1 unspecified atom stereocenters. The third-order valence-corrected chi connectivity index (χ3v) is 3.31. The normalized spacial score (nSPS) is 18.7. The maximum Gasteiger partial charge on any atom is 0.183 e. The molecule has 2 aromatic rings. The monoisotopic (exact) mass is 258 g/mol. The van der Waals surface area contributed by atoms with Gasteiger partial charge >= 0.3 is 0 Å². The van der Waals surface area contributed by atoms with Crippen LogP contribution in [0.15, 0.2) is 24.3 Å². The highest BCUT2D eigenvalue weighted by molar-refractivity contribution is 5.73. The standard InChI is InChI=1S/C14H18N4O/c1-10-16-14(18-17-10)12-6-2-3-7-13(12)15-9-11-5-4-8-19-11/h2-3,6-7,11,15H,4-5,8-9H2,1H3,(H,16,17,18). The maximum absolute atomic E-state index is 5.62. The number of ether oxygens (including phenoxy) is 1. The number of aromatic amines is 1. The van der Waals surface area contributed by atoms with E-state index in [1.807, 2.05) is 25.1 Å². The Balaban J connectivity index is 1.77. The zero-order valence-electron chi connectivity index (χ0n) is 11.0. The number of hydrogen-bond donors (Lipinski definition) is 2. The lowest BCUT2D eigenvalue weighted by Crippen LogP contribution is -2.18. The van der Waals surface area contributed by atoms with Crippen LogP contribution in [0.1, 0.15) is 18.7 Å². The number of para-hydroxylation sites is 1. The highest BCUT2D eigenvalue weighted by Crippen LogP contribution is 2.25. The second kappa shape index (κ2) is 5.40. The molecule has 0 radical (unpaired) electrons. The molecule has 0 bridgehead atoms. The van der Waals surface area contributed by atoms with Crippen molar-refractivity contribution in [2.24, 2.45) is 0 Å². The second-order valence-electron chi connectivity index (χ2n) is 4.81. The number of anilines is 1. The first-order chi connectivity index (χ1) is 9.33. The van der Waals surface area contributed by atoms with E-state index in [4.69, 9.17) is 4.74 Å². The average Bonchev–Trinajstić information content (AvgIpc) is 3.08. The summed E-state index contributed by atoms with van der Waals surface area (Å²) in [5.41, 5.74) is 2.07. The van der Waals surface area contributed by atoms with Gasteiger partial charge in [-0.1, -0.05) is 12.1 Å². The number of H-pyrrole nitrogens is 1. The molecular formula is C14H18N4O. The van der Waals surface area contributed by atoms with Crippen LogP contribution in [0.3, 0.4) is 0 Å². The summed E-state index contributed by atoms with van der Waals surface area (Å²) < 4.78 is 5.62. The van der Waals surface area contributed by atoms with Crippen LogP contribution >= 0.6 is 0 Å². The summed E-state index contributed by atoms with van der Waals surface area (Å²) in [5.74, 6) is 1.55. The van der Waals surface area contributed by atoms with Crippen molar-refractivity contribution < 1.29 is 4.74 Å². The summed E-state index contributed by atoms with van der Waals surface area (Å²) in [5, 5.41) is 10.5. The van der Waals surface area contributed by atoms with E-state index >= 15 is 0 Å². The maximum atomic E-state index is 5.62. The Morgan fingerprint density at radius 3 is 3.05 bits per heavy atom. The molecule has 1 aromatic heterocycles. The molecule has 0 aliphatic carbocycles. The molecule has 1 saturated heterocycles. The Bertz CT molecular complexity index is 546. The molecule has 0 amide bonds. The first kappa shape index (κ1) is 12.2. The van der Waals surface area contributed by atoms with E-state index in [0.29, 0.717) is 6.10 Å². The Morgan fingerprint density at radius 1 is 1.42 bits per heavy atom. The van der Waals surface area contributed by atoms with Gasteiger partial charge in [-0.05, 0) is 31.9 Å². The molecule has 2 heterocycles. The number of nitrogens with zero attached hydrogens (tertiary/aromatic N) is 2.